The molecule has 1 aliphatic rings. The molecule has 1 unspecified atom stereocenters. The number of halogens is 1. The first-order valence-corrected chi connectivity index (χ1v) is 4.96. The van der Waals surface area contributed by atoms with Crippen LogP contribution >= 0.6 is 0 Å². The van der Waals surface area contributed by atoms with Gasteiger partial charge in [-0.05, 0) is 24.6 Å². The summed E-state index contributed by atoms with van der Waals surface area (Å²) in [6.45, 7) is 1.95. The number of nitrogens with one attached hydrogen (secondary N) is 1. The average molecular weight is 208 g/mol. The van der Waals surface area contributed by atoms with Crippen LogP contribution in [0.25, 0.3) is 0 Å². The van der Waals surface area contributed by atoms with Crippen molar-refractivity contribution >= 4 is 17.3 Å². The molecule has 1 aliphatic heterocycles. The highest BCUT2D eigenvalue weighted by molar-refractivity contribution is 6.03. The van der Waals surface area contributed by atoms with Crippen LogP contribution in [-0.4, -0.2) is 19.0 Å². The molecule has 4 heteroatoms. The van der Waals surface area contributed by atoms with Gasteiger partial charge < -0.3 is 10.2 Å². The number of fused-ring (bicyclic) bond motifs is 1. The zero-order chi connectivity index (χ0) is 11.0. The molecule has 2 rings (SSSR count). The van der Waals surface area contributed by atoms with Crippen LogP contribution in [0.1, 0.15) is 13.3 Å². The Morgan fingerprint density at radius 2 is 2.27 bits per heavy atom. The molecule has 0 fully saturated rings. The summed E-state index contributed by atoms with van der Waals surface area (Å²) < 4.78 is 13.0. The lowest BCUT2D eigenvalue weighted by Gasteiger charge is -2.34. The molecular formula is C11H13FN2O. The summed E-state index contributed by atoms with van der Waals surface area (Å²) in [7, 11) is 1.85. The van der Waals surface area contributed by atoms with Gasteiger partial charge in [0.2, 0.25) is 5.91 Å². The van der Waals surface area contributed by atoms with E-state index in [4.69, 9.17) is 0 Å². The van der Waals surface area contributed by atoms with Gasteiger partial charge in [-0.2, -0.15) is 0 Å². The summed E-state index contributed by atoms with van der Waals surface area (Å²) in [6, 6.07) is 4.27. The van der Waals surface area contributed by atoms with Crippen molar-refractivity contribution in [3.8, 4) is 0 Å². The molecule has 0 aliphatic carbocycles. The Labute approximate surface area is 87.9 Å². The molecule has 1 amide bonds. The maximum atomic E-state index is 13.0. The van der Waals surface area contributed by atoms with E-state index in [1.54, 1.807) is 6.07 Å². The van der Waals surface area contributed by atoms with E-state index in [2.05, 4.69) is 5.32 Å². The summed E-state index contributed by atoms with van der Waals surface area (Å²) in [6.07, 6.45) is 0.735. The highest BCUT2D eigenvalue weighted by Gasteiger charge is 2.28. The molecule has 0 saturated carbocycles. The minimum atomic E-state index is -0.336. The highest BCUT2D eigenvalue weighted by Crippen LogP contribution is 2.32. The van der Waals surface area contributed by atoms with Crippen LogP contribution in [0.4, 0.5) is 15.8 Å². The number of carbonyl (C=O) groups excluding carboxylic acids is 1. The van der Waals surface area contributed by atoms with Gasteiger partial charge in [0.1, 0.15) is 11.9 Å². The zero-order valence-electron chi connectivity index (χ0n) is 8.75. The molecule has 1 aromatic carbocycles. The first-order valence-electron chi connectivity index (χ1n) is 4.96. The van der Waals surface area contributed by atoms with Crippen molar-refractivity contribution < 1.29 is 9.18 Å². The number of rotatable bonds is 1. The Balaban J connectivity index is 2.45. The molecular weight excluding hydrogens is 195 g/mol. The van der Waals surface area contributed by atoms with Crippen molar-refractivity contribution in [2.45, 2.75) is 19.4 Å². The standard InChI is InChI=1S/C11H13FN2O/c1-3-9-11(15)13-8-6-7(12)4-5-10(8)14(9)2/h4-6,9H,3H2,1-2H3,(H,13,15). The van der Waals surface area contributed by atoms with Gasteiger partial charge in [-0.1, -0.05) is 6.92 Å². The van der Waals surface area contributed by atoms with Crippen LogP contribution in [0, 0.1) is 5.82 Å². The van der Waals surface area contributed by atoms with Crippen molar-refractivity contribution in [2.75, 3.05) is 17.3 Å². The van der Waals surface area contributed by atoms with Crippen LogP contribution < -0.4 is 10.2 Å². The van der Waals surface area contributed by atoms with Crippen LogP contribution in [0.5, 0.6) is 0 Å². The average Bonchev–Trinajstić information content (AvgIpc) is 2.17. The number of nitrogens with zero attached hydrogens (tertiary/aromatic N) is 1. The molecule has 1 aromatic rings. The van der Waals surface area contributed by atoms with E-state index in [-0.39, 0.29) is 17.8 Å². The predicted octanol–water partition coefficient (Wildman–Crippen LogP) is 1.99. The Morgan fingerprint density at radius 3 is 2.93 bits per heavy atom. The number of carbonyl (C=O) groups is 1. The number of hydrogen-bond donors (Lipinski definition) is 1. The van der Waals surface area contributed by atoms with Crippen LogP contribution in [0.2, 0.25) is 0 Å². The Hall–Kier alpha value is -1.58. The Morgan fingerprint density at radius 1 is 1.53 bits per heavy atom. The minimum Gasteiger partial charge on any atom is -0.361 e. The van der Waals surface area contributed by atoms with Crippen LogP contribution in [0.3, 0.4) is 0 Å². The SMILES string of the molecule is CCC1C(=O)Nc2cc(F)ccc2N1C. The maximum Gasteiger partial charge on any atom is 0.247 e. The normalized spacial score (nSPS) is 19.8. The van der Waals surface area contributed by atoms with Gasteiger partial charge in [-0.15, -0.1) is 0 Å². The van der Waals surface area contributed by atoms with E-state index in [0.29, 0.717) is 5.69 Å². The smallest absolute Gasteiger partial charge is 0.247 e. The summed E-state index contributed by atoms with van der Waals surface area (Å²) in [5.41, 5.74) is 1.41. The Bertz CT molecular complexity index is 406. The molecule has 0 aromatic heterocycles. The van der Waals surface area contributed by atoms with Gasteiger partial charge in [0.25, 0.3) is 0 Å². The first-order chi connectivity index (χ1) is 7.13. The summed E-state index contributed by atoms with van der Waals surface area (Å²) in [5.74, 6) is -0.407. The van der Waals surface area contributed by atoms with Crippen LogP contribution in [0.15, 0.2) is 18.2 Å². The summed E-state index contributed by atoms with van der Waals surface area (Å²) >= 11 is 0. The summed E-state index contributed by atoms with van der Waals surface area (Å²) in [4.78, 5) is 13.5. The molecule has 0 radical (unpaired) electrons. The fraction of sp³-hybridized carbons (Fsp3) is 0.364. The second-order valence-corrected chi connectivity index (χ2v) is 3.69. The molecule has 0 bridgehead atoms. The topological polar surface area (TPSA) is 32.3 Å². The second kappa shape index (κ2) is 3.53. The molecule has 3 nitrogen and oxygen atoms in total. The van der Waals surface area contributed by atoms with Gasteiger partial charge in [0, 0.05) is 7.05 Å². The third kappa shape index (κ3) is 1.56. The fourth-order valence-electron chi connectivity index (χ4n) is 1.94. The fourth-order valence-corrected chi connectivity index (χ4v) is 1.94. The van der Waals surface area contributed by atoms with E-state index in [0.717, 1.165) is 12.1 Å². The van der Waals surface area contributed by atoms with Gasteiger partial charge >= 0.3 is 0 Å². The third-order valence-corrected chi connectivity index (χ3v) is 2.75. The highest BCUT2D eigenvalue weighted by atomic mass is 19.1. The van der Waals surface area contributed by atoms with Gasteiger partial charge in [0.05, 0.1) is 11.4 Å². The van der Waals surface area contributed by atoms with E-state index in [9.17, 15) is 9.18 Å². The largest absolute Gasteiger partial charge is 0.361 e. The van der Waals surface area contributed by atoms with E-state index in [1.165, 1.54) is 12.1 Å². The van der Waals surface area contributed by atoms with E-state index < -0.39 is 0 Å². The van der Waals surface area contributed by atoms with Gasteiger partial charge in [0.15, 0.2) is 0 Å². The summed E-state index contributed by atoms with van der Waals surface area (Å²) in [5, 5.41) is 2.71. The molecule has 80 valence electrons. The number of anilines is 2. The first kappa shape index (κ1) is 9.96. The molecule has 15 heavy (non-hydrogen) atoms. The van der Waals surface area contributed by atoms with Crippen molar-refractivity contribution in [3.05, 3.63) is 24.0 Å². The van der Waals surface area contributed by atoms with Crippen LogP contribution in [-0.2, 0) is 4.79 Å². The van der Waals surface area contributed by atoms with E-state index >= 15 is 0 Å². The number of hydrogen-bond acceptors (Lipinski definition) is 2. The molecule has 0 saturated heterocycles. The van der Waals surface area contributed by atoms with E-state index in [1.807, 2.05) is 18.9 Å². The van der Waals surface area contributed by atoms with Gasteiger partial charge in [-0.25, -0.2) is 4.39 Å². The quantitative estimate of drug-likeness (QED) is 0.765. The minimum absolute atomic E-state index is 0.0712. The molecule has 1 atom stereocenters. The lowest BCUT2D eigenvalue weighted by molar-refractivity contribution is -0.117. The van der Waals surface area contributed by atoms with Crippen molar-refractivity contribution in [3.63, 3.8) is 0 Å². The molecule has 1 heterocycles. The lowest BCUT2D eigenvalue weighted by atomic mass is 10.1. The molecule has 0 spiro atoms. The number of likely N-dealkylation sites (N-methyl/N-ethyl adjacent to an activating group) is 1. The Kier molecular flexibility index (Phi) is 2.34. The van der Waals surface area contributed by atoms with Crippen molar-refractivity contribution in [1.29, 1.82) is 0 Å². The third-order valence-electron chi connectivity index (χ3n) is 2.75. The van der Waals surface area contributed by atoms with Crippen molar-refractivity contribution in [1.82, 2.24) is 0 Å². The maximum absolute atomic E-state index is 13.0. The second-order valence-electron chi connectivity index (χ2n) is 3.69. The monoisotopic (exact) mass is 208 g/mol. The molecule has 1 N–H and O–H groups in total. The zero-order valence-corrected chi connectivity index (χ0v) is 8.75. The van der Waals surface area contributed by atoms with Gasteiger partial charge in [-0.3, -0.25) is 4.79 Å². The number of amides is 1. The van der Waals surface area contributed by atoms with Crippen molar-refractivity contribution in [2.24, 2.45) is 0 Å². The number of benzene rings is 1. The predicted molar refractivity (Wildman–Crippen MR) is 57.5 cm³/mol. The lowest BCUT2D eigenvalue weighted by Crippen LogP contribution is -2.45.